The summed E-state index contributed by atoms with van der Waals surface area (Å²) in [6, 6.07) is 0. The molecule has 1 unspecified atom stereocenters. The number of carbonyl (C=O) groups excluding carboxylic acids is 1. The van der Waals surface area contributed by atoms with Crippen molar-refractivity contribution in [1.82, 2.24) is 14.6 Å². The van der Waals surface area contributed by atoms with Gasteiger partial charge in [0.25, 0.3) is 5.56 Å². The highest BCUT2D eigenvalue weighted by Crippen LogP contribution is 2.22. The summed E-state index contributed by atoms with van der Waals surface area (Å²) in [6.07, 6.45) is 6.72. The van der Waals surface area contributed by atoms with Crippen molar-refractivity contribution in [3.63, 3.8) is 0 Å². The first kappa shape index (κ1) is 13.0. The molecular formula is C13H14N4O2S. The molecule has 0 spiro atoms. The smallest absolute Gasteiger partial charge is 0.295 e. The van der Waals surface area contributed by atoms with E-state index in [1.165, 1.54) is 15.9 Å². The second-order valence-electron chi connectivity index (χ2n) is 4.79. The quantitative estimate of drug-likeness (QED) is 0.855. The number of nitrogens with one attached hydrogen (secondary N) is 1. The highest BCUT2D eigenvalue weighted by atomic mass is 32.1. The lowest BCUT2D eigenvalue weighted by Gasteiger charge is -2.16. The van der Waals surface area contributed by atoms with Crippen LogP contribution in [-0.4, -0.2) is 20.5 Å². The number of amides is 1. The van der Waals surface area contributed by atoms with E-state index in [0.717, 1.165) is 19.3 Å². The predicted octanol–water partition coefficient (Wildman–Crippen LogP) is 1.75. The number of nitrogens with zero attached hydrogens (tertiary/aromatic N) is 3. The average molecular weight is 290 g/mol. The van der Waals surface area contributed by atoms with Crippen molar-refractivity contribution in [1.29, 1.82) is 0 Å². The first-order valence-corrected chi connectivity index (χ1v) is 7.34. The van der Waals surface area contributed by atoms with Gasteiger partial charge in [0, 0.05) is 11.3 Å². The number of hydrogen-bond donors (Lipinski definition) is 1. The minimum Gasteiger partial charge on any atom is -0.310 e. The van der Waals surface area contributed by atoms with E-state index in [1.54, 1.807) is 12.3 Å². The van der Waals surface area contributed by atoms with Crippen LogP contribution in [0.15, 0.2) is 22.3 Å². The standard InChI is InChI=1S/C13H14N4O2S/c1-8-11(18)15-13-17(16-8)10(7-20-13)14-12(19)9-5-3-2-4-6-9/h2-3,7,9H,4-6H2,1H3,(H,14,19). The number of carbonyl (C=O) groups is 1. The molecule has 104 valence electrons. The highest BCUT2D eigenvalue weighted by Gasteiger charge is 2.20. The molecule has 1 aliphatic carbocycles. The molecule has 0 fully saturated rings. The van der Waals surface area contributed by atoms with Crippen molar-refractivity contribution < 1.29 is 4.79 Å². The maximum absolute atomic E-state index is 12.2. The largest absolute Gasteiger partial charge is 0.310 e. The normalized spacial score (nSPS) is 18.4. The second-order valence-corrected chi connectivity index (χ2v) is 5.62. The molecule has 20 heavy (non-hydrogen) atoms. The Hall–Kier alpha value is -2.02. The van der Waals surface area contributed by atoms with Crippen molar-refractivity contribution in [2.24, 2.45) is 5.92 Å². The van der Waals surface area contributed by atoms with Crippen LogP contribution in [0.25, 0.3) is 4.96 Å². The summed E-state index contributed by atoms with van der Waals surface area (Å²) in [5.41, 5.74) is -0.0147. The Morgan fingerprint density at radius 3 is 3.10 bits per heavy atom. The molecule has 0 saturated carbocycles. The van der Waals surface area contributed by atoms with Gasteiger partial charge in [0.1, 0.15) is 11.5 Å². The summed E-state index contributed by atoms with van der Waals surface area (Å²) < 4.78 is 1.51. The van der Waals surface area contributed by atoms with Crippen LogP contribution in [0.5, 0.6) is 0 Å². The molecule has 7 heteroatoms. The Morgan fingerprint density at radius 2 is 2.35 bits per heavy atom. The number of aromatic nitrogens is 3. The average Bonchev–Trinajstić information content (AvgIpc) is 2.83. The minimum absolute atomic E-state index is 0.00314. The Balaban J connectivity index is 1.87. The van der Waals surface area contributed by atoms with Gasteiger partial charge in [-0.2, -0.15) is 14.6 Å². The second kappa shape index (κ2) is 5.16. The van der Waals surface area contributed by atoms with Crippen LogP contribution in [0, 0.1) is 12.8 Å². The van der Waals surface area contributed by atoms with Crippen LogP contribution in [-0.2, 0) is 4.79 Å². The van der Waals surface area contributed by atoms with Crippen LogP contribution in [0.4, 0.5) is 5.82 Å². The van der Waals surface area contributed by atoms with Gasteiger partial charge in [-0.1, -0.05) is 12.2 Å². The zero-order valence-electron chi connectivity index (χ0n) is 11.0. The molecule has 3 rings (SSSR count). The predicted molar refractivity (Wildman–Crippen MR) is 77.0 cm³/mol. The van der Waals surface area contributed by atoms with Gasteiger partial charge < -0.3 is 5.32 Å². The van der Waals surface area contributed by atoms with E-state index in [9.17, 15) is 9.59 Å². The van der Waals surface area contributed by atoms with E-state index in [2.05, 4.69) is 21.5 Å². The maximum atomic E-state index is 12.2. The molecular weight excluding hydrogens is 276 g/mol. The van der Waals surface area contributed by atoms with Crippen LogP contribution in [0.1, 0.15) is 25.0 Å². The molecule has 1 atom stereocenters. The van der Waals surface area contributed by atoms with Crippen LogP contribution >= 0.6 is 11.3 Å². The molecule has 1 aliphatic rings. The van der Waals surface area contributed by atoms with E-state index in [0.29, 0.717) is 16.5 Å². The van der Waals surface area contributed by atoms with Gasteiger partial charge >= 0.3 is 0 Å². The molecule has 0 aromatic carbocycles. The lowest BCUT2D eigenvalue weighted by atomic mass is 9.94. The van der Waals surface area contributed by atoms with Gasteiger partial charge in [-0.3, -0.25) is 9.59 Å². The van der Waals surface area contributed by atoms with Crippen LogP contribution in [0.2, 0.25) is 0 Å². The summed E-state index contributed by atoms with van der Waals surface area (Å²) in [5, 5.41) is 8.79. The van der Waals surface area contributed by atoms with Gasteiger partial charge in [-0.25, -0.2) is 0 Å². The summed E-state index contributed by atoms with van der Waals surface area (Å²) in [4.78, 5) is 28.0. The fourth-order valence-electron chi connectivity index (χ4n) is 2.18. The zero-order valence-corrected chi connectivity index (χ0v) is 11.8. The van der Waals surface area contributed by atoms with Crippen molar-refractivity contribution >= 4 is 28.0 Å². The third-order valence-electron chi connectivity index (χ3n) is 3.33. The molecule has 2 heterocycles. The van der Waals surface area contributed by atoms with Crippen LogP contribution in [0.3, 0.4) is 0 Å². The van der Waals surface area contributed by atoms with Crippen molar-refractivity contribution in [2.45, 2.75) is 26.2 Å². The van der Waals surface area contributed by atoms with E-state index in [4.69, 9.17) is 0 Å². The Kier molecular flexibility index (Phi) is 3.35. The fraction of sp³-hybridized carbons (Fsp3) is 0.385. The summed E-state index contributed by atoms with van der Waals surface area (Å²) in [6.45, 7) is 1.61. The molecule has 2 aromatic rings. The van der Waals surface area contributed by atoms with Crippen molar-refractivity contribution in [2.75, 3.05) is 5.32 Å². The third-order valence-corrected chi connectivity index (χ3v) is 4.15. The van der Waals surface area contributed by atoms with Gasteiger partial charge in [0.15, 0.2) is 0 Å². The molecule has 6 nitrogen and oxygen atoms in total. The van der Waals surface area contributed by atoms with Gasteiger partial charge in [-0.05, 0) is 26.2 Å². The van der Waals surface area contributed by atoms with E-state index < -0.39 is 0 Å². The summed E-state index contributed by atoms with van der Waals surface area (Å²) >= 11 is 1.29. The minimum atomic E-state index is -0.331. The van der Waals surface area contributed by atoms with E-state index in [1.807, 2.05) is 6.08 Å². The lowest BCUT2D eigenvalue weighted by molar-refractivity contribution is -0.120. The Labute approximate surface area is 119 Å². The molecule has 0 aliphatic heterocycles. The fourth-order valence-corrected chi connectivity index (χ4v) is 2.94. The monoisotopic (exact) mass is 290 g/mol. The van der Waals surface area contributed by atoms with Crippen molar-refractivity contribution in [3.05, 3.63) is 33.6 Å². The Morgan fingerprint density at radius 1 is 1.50 bits per heavy atom. The highest BCUT2D eigenvalue weighted by molar-refractivity contribution is 7.15. The summed E-state index contributed by atoms with van der Waals surface area (Å²) in [5.74, 6) is 0.566. The number of allylic oxidation sites excluding steroid dienone is 2. The molecule has 0 radical (unpaired) electrons. The molecule has 1 amide bonds. The first-order chi connectivity index (χ1) is 9.65. The van der Waals surface area contributed by atoms with Gasteiger partial charge in [0.05, 0.1) is 0 Å². The first-order valence-electron chi connectivity index (χ1n) is 6.46. The van der Waals surface area contributed by atoms with Crippen LogP contribution < -0.4 is 10.9 Å². The molecule has 1 N–H and O–H groups in total. The Bertz CT molecular complexity index is 746. The van der Waals surface area contributed by atoms with Crippen molar-refractivity contribution in [3.8, 4) is 0 Å². The number of fused-ring (bicyclic) bond motifs is 1. The zero-order chi connectivity index (χ0) is 14.1. The number of thiazole rings is 1. The maximum Gasteiger partial charge on any atom is 0.295 e. The van der Waals surface area contributed by atoms with Gasteiger partial charge in [0.2, 0.25) is 10.9 Å². The number of hydrogen-bond acceptors (Lipinski definition) is 5. The molecule has 2 aromatic heterocycles. The summed E-state index contributed by atoms with van der Waals surface area (Å²) in [7, 11) is 0. The topological polar surface area (TPSA) is 76.4 Å². The molecule has 0 saturated heterocycles. The van der Waals surface area contributed by atoms with E-state index in [-0.39, 0.29) is 17.4 Å². The number of rotatable bonds is 2. The third kappa shape index (κ3) is 2.36. The van der Waals surface area contributed by atoms with E-state index >= 15 is 0 Å². The van der Waals surface area contributed by atoms with Gasteiger partial charge in [-0.15, -0.1) is 11.3 Å². The number of anilines is 1. The molecule has 0 bridgehead atoms. The lowest BCUT2D eigenvalue weighted by Crippen LogP contribution is -2.25. The SMILES string of the molecule is Cc1nn2c(NC(=O)C3CC=CCC3)csc2nc1=O. The number of aryl methyl sites for hydroxylation is 1.